The Morgan fingerprint density at radius 1 is 1.31 bits per heavy atom. The maximum atomic E-state index is 13.3. The van der Waals surface area contributed by atoms with Crippen LogP contribution < -0.4 is 9.47 Å². The van der Waals surface area contributed by atoms with Gasteiger partial charge in [0.15, 0.2) is 0 Å². The third-order valence-electron chi connectivity index (χ3n) is 4.49. The van der Waals surface area contributed by atoms with Gasteiger partial charge in [0.2, 0.25) is 0 Å². The molecule has 1 fully saturated rings. The summed E-state index contributed by atoms with van der Waals surface area (Å²) in [6, 6.07) is 4.01. The number of halogens is 3. The predicted octanol–water partition coefficient (Wildman–Crippen LogP) is 4.02. The van der Waals surface area contributed by atoms with Gasteiger partial charge >= 0.3 is 21.3 Å². The number of carbonyl (C=O) groups is 1. The number of benzene rings is 1. The topological polar surface area (TPSA) is 89.9 Å². The molecule has 0 bridgehead atoms. The number of esters is 1. The van der Waals surface area contributed by atoms with Crippen LogP contribution in [0.25, 0.3) is 0 Å². The van der Waals surface area contributed by atoms with Gasteiger partial charge in [0.25, 0.3) is 0 Å². The summed E-state index contributed by atoms with van der Waals surface area (Å²) in [4.78, 5) is 11.4. The van der Waals surface area contributed by atoms with Crippen molar-refractivity contribution in [2.45, 2.75) is 50.4 Å². The molecule has 26 heavy (non-hydrogen) atoms. The molecule has 1 N–H and O–H groups in total. The normalized spacial score (nSPS) is 17.3. The Kier molecular flexibility index (Phi) is 6.18. The van der Waals surface area contributed by atoms with Gasteiger partial charge in [-0.25, -0.2) is 4.79 Å². The van der Waals surface area contributed by atoms with Gasteiger partial charge in [0.1, 0.15) is 17.1 Å². The molecule has 1 aliphatic carbocycles. The molecule has 0 saturated heterocycles. The van der Waals surface area contributed by atoms with Crippen LogP contribution in [0, 0.1) is 9.49 Å². The zero-order valence-corrected chi connectivity index (χ0v) is 17.1. The van der Waals surface area contributed by atoms with Gasteiger partial charge in [0, 0.05) is 6.07 Å². The number of alkyl halides is 2. The Morgan fingerprint density at radius 3 is 2.38 bits per heavy atom. The van der Waals surface area contributed by atoms with E-state index in [2.05, 4.69) is 4.74 Å². The molecule has 6 nitrogen and oxygen atoms in total. The van der Waals surface area contributed by atoms with E-state index in [9.17, 15) is 22.0 Å². The third kappa shape index (κ3) is 4.28. The summed E-state index contributed by atoms with van der Waals surface area (Å²) in [5.74, 6) is -2.10. The highest BCUT2D eigenvalue weighted by Crippen LogP contribution is 2.42. The summed E-state index contributed by atoms with van der Waals surface area (Å²) < 4.78 is 67.7. The monoisotopic (exact) mass is 504 g/mol. The lowest BCUT2D eigenvalue weighted by Crippen LogP contribution is -2.40. The van der Waals surface area contributed by atoms with E-state index < -0.39 is 21.3 Å². The predicted molar refractivity (Wildman–Crippen MR) is 98.0 cm³/mol. The molecule has 2 rings (SSSR count). The Morgan fingerprint density at radius 2 is 1.88 bits per heavy atom. The lowest BCUT2D eigenvalue weighted by Gasteiger charge is -2.34. The van der Waals surface area contributed by atoms with Crippen molar-refractivity contribution in [1.82, 2.24) is 0 Å². The SMILES string of the molecule is CC(C)C1(Oc2cc(OC(=O)C(F)(F)S(=O)(=O)O)ccc2I)CCCC1. The highest BCUT2D eigenvalue weighted by atomic mass is 127. The number of ether oxygens (including phenoxy) is 2. The molecule has 1 aliphatic rings. The van der Waals surface area contributed by atoms with Crippen LogP contribution in [-0.2, 0) is 14.9 Å². The van der Waals surface area contributed by atoms with Gasteiger partial charge in [-0.3, -0.25) is 4.55 Å². The minimum Gasteiger partial charge on any atom is -0.486 e. The van der Waals surface area contributed by atoms with E-state index in [1.807, 2.05) is 36.4 Å². The first kappa shape index (κ1) is 21.3. The molecule has 0 aliphatic heterocycles. The standard InChI is InChI=1S/C16H19F2IO6S/c1-10(2)15(7-3-4-8-15)25-13-9-11(5-6-12(13)19)24-14(20)16(17,18)26(21,22)23/h5-6,9-10H,3-4,7-8H2,1-2H3,(H,21,22,23). The first-order chi connectivity index (χ1) is 11.9. The van der Waals surface area contributed by atoms with Crippen LogP contribution in [0.1, 0.15) is 39.5 Å². The first-order valence-corrected chi connectivity index (χ1v) is 10.5. The van der Waals surface area contributed by atoms with Gasteiger partial charge < -0.3 is 9.47 Å². The van der Waals surface area contributed by atoms with Crippen molar-refractivity contribution in [3.63, 3.8) is 0 Å². The van der Waals surface area contributed by atoms with Gasteiger partial charge in [0.05, 0.1) is 3.57 Å². The van der Waals surface area contributed by atoms with E-state index in [1.54, 1.807) is 0 Å². The molecule has 0 amide bonds. The van der Waals surface area contributed by atoms with Crippen LogP contribution in [0.2, 0.25) is 0 Å². The fourth-order valence-corrected chi connectivity index (χ4v) is 3.58. The zero-order chi connectivity index (χ0) is 19.8. The molecule has 0 aromatic heterocycles. The maximum absolute atomic E-state index is 13.3. The van der Waals surface area contributed by atoms with E-state index in [4.69, 9.17) is 9.29 Å². The smallest absolute Gasteiger partial charge is 0.466 e. The number of carbonyl (C=O) groups excluding carboxylic acids is 1. The summed E-state index contributed by atoms with van der Waals surface area (Å²) in [7, 11) is -5.92. The molecule has 0 spiro atoms. The highest BCUT2D eigenvalue weighted by Gasteiger charge is 2.54. The second kappa shape index (κ2) is 7.55. The van der Waals surface area contributed by atoms with Gasteiger partial charge in [-0.2, -0.15) is 17.2 Å². The first-order valence-electron chi connectivity index (χ1n) is 7.95. The Bertz CT molecular complexity index is 788. The number of rotatable bonds is 6. The fraction of sp³-hybridized carbons (Fsp3) is 0.562. The molecular weight excluding hydrogens is 485 g/mol. The van der Waals surface area contributed by atoms with E-state index in [-0.39, 0.29) is 17.3 Å². The molecule has 0 atom stereocenters. The summed E-state index contributed by atoms with van der Waals surface area (Å²) in [5.41, 5.74) is -0.388. The van der Waals surface area contributed by atoms with E-state index in [0.29, 0.717) is 9.32 Å². The van der Waals surface area contributed by atoms with Crippen LogP contribution in [0.5, 0.6) is 11.5 Å². The lowest BCUT2D eigenvalue weighted by molar-refractivity contribution is -0.151. The lowest BCUT2D eigenvalue weighted by atomic mass is 9.88. The third-order valence-corrected chi connectivity index (χ3v) is 6.20. The van der Waals surface area contributed by atoms with E-state index in [1.165, 1.54) is 18.2 Å². The zero-order valence-electron chi connectivity index (χ0n) is 14.2. The molecule has 1 saturated carbocycles. The van der Waals surface area contributed by atoms with Gasteiger partial charge in [-0.15, -0.1) is 0 Å². The molecule has 1 aromatic carbocycles. The van der Waals surface area contributed by atoms with Crippen molar-refractivity contribution < 1.29 is 36.0 Å². The van der Waals surface area contributed by atoms with Crippen LogP contribution in [0.3, 0.4) is 0 Å². The van der Waals surface area contributed by atoms with Crippen LogP contribution >= 0.6 is 22.6 Å². The Labute approximate surface area is 164 Å². The molecular formula is C16H19F2IO6S. The molecule has 0 radical (unpaired) electrons. The van der Waals surface area contributed by atoms with E-state index >= 15 is 0 Å². The summed E-state index contributed by atoms with van der Waals surface area (Å²) in [6.45, 7) is 4.07. The molecule has 1 aromatic rings. The Balaban J connectivity index is 2.26. The molecule has 10 heteroatoms. The number of hydrogen-bond donors (Lipinski definition) is 1. The van der Waals surface area contributed by atoms with Gasteiger partial charge in [-0.05, 0) is 66.3 Å². The van der Waals surface area contributed by atoms with Crippen LogP contribution in [0.15, 0.2) is 18.2 Å². The highest BCUT2D eigenvalue weighted by molar-refractivity contribution is 14.1. The second-order valence-electron chi connectivity index (χ2n) is 6.50. The van der Waals surface area contributed by atoms with Crippen LogP contribution in [-0.4, -0.2) is 29.8 Å². The maximum Gasteiger partial charge on any atom is 0.466 e. The minimum absolute atomic E-state index is 0.218. The molecule has 0 heterocycles. The van der Waals surface area contributed by atoms with Crippen molar-refractivity contribution in [2.24, 2.45) is 5.92 Å². The fourth-order valence-electron chi connectivity index (χ4n) is 2.89. The van der Waals surface area contributed by atoms with Crippen LogP contribution in [0.4, 0.5) is 8.78 Å². The van der Waals surface area contributed by atoms with Crippen molar-refractivity contribution >= 4 is 38.7 Å². The average Bonchev–Trinajstić information content (AvgIpc) is 2.99. The van der Waals surface area contributed by atoms with Crippen molar-refractivity contribution in [2.75, 3.05) is 0 Å². The van der Waals surface area contributed by atoms with Crippen molar-refractivity contribution in [1.29, 1.82) is 0 Å². The van der Waals surface area contributed by atoms with Gasteiger partial charge in [-0.1, -0.05) is 13.8 Å². The largest absolute Gasteiger partial charge is 0.486 e. The average molecular weight is 504 g/mol. The van der Waals surface area contributed by atoms with E-state index in [0.717, 1.165) is 25.7 Å². The quantitative estimate of drug-likeness (QED) is 0.273. The summed E-state index contributed by atoms with van der Waals surface area (Å²) in [5, 5.41) is -5.05. The summed E-state index contributed by atoms with van der Waals surface area (Å²) >= 11 is 2.01. The van der Waals surface area contributed by atoms with Crippen molar-refractivity contribution in [3.8, 4) is 11.5 Å². The molecule has 0 unspecified atom stereocenters. The number of hydrogen-bond acceptors (Lipinski definition) is 5. The molecule has 146 valence electrons. The summed E-state index contributed by atoms with van der Waals surface area (Å²) in [6.07, 6.45) is 3.74. The second-order valence-corrected chi connectivity index (χ2v) is 9.13. The Hall–Kier alpha value is -1.01. The van der Waals surface area contributed by atoms with Crippen molar-refractivity contribution in [3.05, 3.63) is 21.8 Å². The minimum atomic E-state index is -5.92.